The molecule has 0 heterocycles. The Morgan fingerprint density at radius 2 is 2.27 bits per heavy atom. The molecule has 11 heavy (non-hydrogen) atoms. The van der Waals surface area contributed by atoms with E-state index < -0.39 is 16.5 Å². The highest BCUT2D eigenvalue weighted by Crippen LogP contribution is 2.26. The lowest BCUT2D eigenvalue weighted by molar-refractivity contribution is -0.144. The smallest absolute Gasteiger partial charge is 0.328 e. The van der Waals surface area contributed by atoms with Crippen molar-refractivity contribution in [2.24, 2.45) is 0 Å². The van der Waals surface area contributed by atoms with Crippen molar-refractivity contribution in [2.45, 2.75) is 24.4 Å². The van der Waals surface area contributed by atoms with Crippen molar-refractivity contribution in [1.82, 2.24) is 0 Å². The maximum Gasteiger partial charge on any atom is 0.328 e. The summed E-state index contributed by atoms with van der Waals surface area (Å²) in [7, 11) is 0. The first-order valence-corrected chi connectivity index (χ1v) is 3.89. The van der Waals surface area contributed by atoms with Crippen LogP contribution in [-0.2, 0) is 9.53 Å². The molecule has 0 amide bonds. The van der Waals surface area contributed by atoms with Gasteiger partial charge in [-0.05, 0) is 13.8 Å². The topological polar surface area (TPSA) is 26.3 Å². The van der Waals surface area contributed by atoms with E-state index in [1.54, 1.807) is 6.92 Å². The molecule has 0 saturated heterocycles. The third-order valence-electron chi connectivity index (χ3n) is 0.939. The Bertz CT molecular complexity index is 144. The Labute approximate surface area is 74.6 Å². The standard InChI is InChI=1S/C6H9Cl2FO2/c1-3-11-5(10)4(7)6(2,8)9/h4H,3H2,1-2H3/t4-,6+/m1/s1. The first-order chi connectivity index (χ1) is 4.89. The Balaban J connectivity index is 4.03. The van der Waals surface area contributed by atoms with Crippen LogP contribution in [0.5, 0.6) is 0 Å². The van der Waals surface area contributed by atoms with Crippen LogP contribution in [0.2, 0.25) is 0 Å². The lowest BCUT2D eigenvalue weighted by atomic mass is 10.3. The highest BCUT2D eigenvalue weighted by Gasteiger charge is 2.37. The molecule has 0 N–H and O–H groups in total. The average Bonchev–Trinajstić information content (AvgIpc) is 1.85. The molecule has 0 saturated carbocycles. The van der Waals surface area contributed by atoms with E-state index in [0.29, 0.717) is 0 Å². The highest BCUT2D eigenvalue weighted by atomic mass is 35.5. The van der Waals surface area contributed by atoms with Gasteiger partial charge in [0.15, 0.2) is 5.38 Å². The number of hydrogen-bond donors (Lipinski definition) is 0. The predicted octanol–water partition coefficient (Wildman–Crippen LogP) is 2.08. The van der Waals surface area contributed by atoms with Crippen molar-refractivity contribution < 1.29 is 13.9 Å². The predicted molar refractivity (Wildman–Crippen MR) is 41.6 cm³/mol. The van der Waals surface area contributed by atoms with Gasteiger partial charge in [-0.2, -0.15) is 0 Å². The Morgan fingerprint density at radius 3 is 2.55 bits per heavy atom. The van der Waals surface area contributed by atoms with Crippen molar-refractivity contribution in [1.29, 1.82) is 0 Å². The molecule has 0 spiro atoms. The fourth-order valence-corrected chi connectivity index (χ4v) is 0.574. The maximum atomic E-state index is 12.7. The van der Waals surface area contributed by atoms with Crippen molar-refractivity contribution in [3.8, 4) is 0 Å². The zero-order valence-corrected chi connectivity index (χ0v) is 7.75. The SMILES string of the molecule is CCOC(=O)[C@@H](Cl)[C@](C)(F)Cl. The van der Waals surface area contributed by atoms with Crippen LogP contribution >= 0.6 is 23.2 Å². The first kappa shape index (κ1) is 11.0. The van der Waals surface area contributed by atoms with Gasteiger partial charge < -0.3 is 4.74 Å². The molecule has 0 radical (unpaired) electrons. The van der Waals surface area contributed by atoms with Gasteiger partial charge in [0.2, 0.25) is 5.13 Å². The highest BCUT2D eigenvalue weighted by molar-refractivity contribution is 6.37. The van der Waals surface area contributed by atoms with Gasteiger partial charge in [0, 0.05) is 0 Å². The van der Waals surface area contributed by atoms with Gasteiger partial charge >= 0.3 is 5.97 Å². The number of carbonyl (C=O) groups is 1. The molecule has 66 valence electrons. The molecule has 0 fully saturated rings. The van der Waals surface area contributed by atoms with E-state index in [1.165, 1.54) is 0 Å². The molecule has 2 atom stereocenters. The molecule has 0 aromatic heterocycles. The molecule has 0 aliphatic heterocycles. The quantitative estimate of drug-likeness (QED) is 0.518. The largest absolute Gasteiger partial charge is 0.465 e. The van der Waals surface area contributed by atoms with Crippen molar-refractivity contribution in [3.63, 3.8) is 0 Å². The fourth-order valence-electron chi connectivity index (χ4n) is 0.422. The summed E-state index contributed by atoms with van der Waals surface area (Å²) in [6.07, 6.45) is 0. The molecule has 0 aliphatic carbocycles. The summed E-state index contributed by atoms with van der Waals surface area (Å²) in [6, 6.07) is 0. The summed E-state index contributed by atoms with van der Waals surface area (Å²) in [4.78, 5) is 10.7. The van der Waals surface area contributed by atoms with E-state index in [-0.39, 0.29) is 6.61 Å². The maximum absolute atomic E-state index is 12.7. The van der Waals surface area contributed by atoms with Crippen molar-refractivity contribution in [3.05, 3.63) is 0 Å². The molecule has 0 aromatic carbocycles. The number of hydrogen-bond acceptors (Lipinski definition) is 2. The summed E-state index contributed by atoms with van der Waals surface area (Å²) in [5, 5.41) is -3.71. The van der Waals surface area contributed by atoms with Crippen LogP contribution in [0.25, 0.3) is 0 Å². The second-order valence-corrected chi connectivity index (χ2v) is 3.25. The third-order valence-corrected chi connectivity index (χ3v) is 1.86. The van der Waals surface area contributed by atoms with Crippen LogP contribution in [0.3, 0.4) is 0 Å². The number of ether oxygens (including phenoxy) is 1. The number of alkyl halides is 3. The molecule has 0 aliphatic rings. The fraction of sp³-hybridized carbons (Fsp3) is 0.833. The monoisotopic (exact) mass is 202 g/mol. The molecule has 0 bridgehead atoms. The zero-order chi connectivity index (χ0) is 9.07. The number of carbonyl (C=O) groups excluding carboxylic acids is 1. The van der Waals surface area contributed by atoms with Gasteiger partial charge in [-0.1, -0.05) is 11.6 Å². The lowest BCUT2D eigenvalue weighted by Crippen LogP contribution is -2.33. The number of rotatable bonds is 3. The number of esters is 1. The van der Waals surface area contributed by atoms with Crippen LogP contribution < -0.4 is 0 Å². The van der Waals surface area contributed by atoms with Crippen molar-refractivity contribution >= 4 is 29.2 Å². The average molecular weight is 203 g/mol. The van der Waals surface area contributed by atoms with E-state index >= 15 is 0 Å². The van der Waals surface area contributed by atoms with Crippen molar-refractivity contribution in [2.75, 3.05) is 6.61 Å². The summed E-state index contributed by atoms with van der Waals surface area (Å²) in [5.74, 6) is -0.839. The Hall–Kier alpha value is -0.0200. The van der Waals surface area contributed by atoms with Gasteiger partial charge in [0.25, 0.3) is 0 Å². The molecule has 0 rings (SSSR count). The van der Waals surface area contributed by atoms with Gasteiger partial charge in [-0.25, -0.2) is 4.39 Å². The molecule has 0 aromatic rings. The normalized spacial score (nSPS) is 18.6. The molecule has 2 nitrogen and oxygen atoms in total. The van der Waals surface area contributed by atoms with E-state index in [0.717, 1.165) is 6.92 Å². The van der Waals surface area contributed by atoms with Crippen LogP contribution in [0.1, 0.15) is 13.8 Å². The van der Waals surface area contributed by atoms with E-state index in [9.17, 15) is 9.18 Å². The molecule has 0 unspecified atom stereocenters. The van der Waals surface area contributed by atoms with Gasteiger partial charge in [0.05, 0.1) is 6.61 Å². The third kappa shape index (κ3) is 3.77. The first-order valence-electron chi connectivity index (χ1n) is 3.08. The Kier molecular flexibility index (Phi) is 4.11. The summed E-state index contributed by atoms with van der Waals surface area (Å²) < 4.78 is 17.1. The van der Waals surface area contributed by atoms with Crippen LogP contribution in [0.15, 0.2) is 0 Å². The van der Waals surface area contributed by atoms with Crippen LogP contribution in [0.4, 0.5) is 4.39 Å². The van der Waals surface area contributed by atoms with E-state index in [4.69, 9.17) is 23.2 Å². The lowest BCUT2D eigenvalue weighted by Gasteiger charge is -2.16. The van der Waals surface area contributed by atoms with Gasteiger partial charge in [0.1, 0.15) is 0 Å². The summed E-state index contributed by atoms with van der Waals surface area (Å²) in [6.45, 7) is 2.77. The number of halogens is 3. The van der Waals surface area contributed by atoms with Gasteiger partial charge in [-0.15, -0.1) is 11.6 Å². The van der Waals surface area contributed by atoms with Crippen LogP contribution in [0, 0.1) is 0 Å². The minimum absolute atomic E-state index is 0.162. The van der Waals surface area contributed by atoms with E-state index in [2.05, 4.69) is 4.74 Å². The minimum atomic E-state index is -2.26. The van der Waals surface area contributed by atoms with Crippen LogP contribution in [-0.4, -0.2) is 23.1 Å². The Morgan fingerprint density at radius 1 is 1.82 bits per heavy atom. The molecular weight excluding hydrogens is 194 g/mol. The van der Waals surface area contributed by atoms with E-state index in [1.807, 2.05) is 0 Å². The zero-order valence-electron chi connectivity index (χ0n) is 6.23. The second-order valence-electron chi connectivity index (χ2n) is 2.07. The molecular formula is C6H9Cl2FO2. The summed E-state index contributed by atoms with van der Waals surface area (Å²) in [5.41, 5.74) is 0. The summed E-state index contributed by atoms with van der Waals surface area (Å²) >= 11 is 10.4. The minimum Gasteiger partial charge on any atom is -0.465 e. The van der Waals surface area contributed by atoms with Gasteiger partial charge in [-0.3, -0.25) is 4.79 Å². The molecule has 5 heteroatoms. The second kappa shape index (κ2) is 4.12.